The highest BCUT2D eigenvalue weighted by Gasteiger charge is 2.18. The van der Waals surface area contributed by atoms with Gasteiger partial charge in [-0.1, -0.05) is 0 Å². The summed E-state index contributed by atoms with van der Waals surface area (Å²) in [4.78, 5) is 22.9. The smallest absolute Gasteiger partial charge is 0.271 e. The van der Waals surface area contributed by atoms with E-state index in [1.165, 1.54) is 11.0 Å². The van der Waals surface area contributed by atoms with Gasteiger partial charge in [0.15, 0.2) is 0 Å². The van der Waals surface area contributed by atoms with Crippen LogP contribution in [0.2, 0.25) is 0 Å². The van der Waals surface area contributed by atoms with Crippen molar-refractivity contribution in [2.24, 2.45) is 5.10 Å². The molecule has 0 unspecified atom stereocenters. The predicted octanol–water partition coefficient (Wildman–Crippen LogP) is -0.133. The number of carbonyl (C=O) groups excluding carboxylic acids is 2. The number of hydrogen-bond acceptors (Lipinski definition) is 6. The van der Waals surface area contributed by atoms with Crippen LogP contribution >= 0.6 is 0 Å². The SMILES string of the molecule is O=C1CCC(C(=O)Nc2ccc(-n3cnnn3)cc2)=NN1. The van der Waals surface area contributed by atoms with Gasteiger partial charge < -0.3 is 5.32 Å². The number of rotatable bonds is 3. The second-order valence-electron chi connectivity index (χ2n) is 4.35. The van der Waals surface area contributed by atoms with Crippen LogP contribution in [0.25, 0.3) is 5.69 Å². The summed E-state index contributed by atoms with van der Waals surface area (Å²) in [5, 5.41) is 17.3. The van der Waals surface area contributed by atoms with Crippen LogP contribution in [0.5, 0.6) is 0 Å². The van der Waals surface area contributed by atoms with Crippen molar-refractivity contribution in [3.8, 4) is 5.69 Å². The average Bonchev–Trinajstić information content (AvgIpc) is 3.03. The minimum atomic E-state index is -0.329. The fraction of sp³-hybridized carbons (Fsp3) is 0.167. The van der Waals surface area contributed by atoms with E-state index in [1.807, 2.05) is 0 Å². The molecule has 0 aliphatic carbocycles. The van der Waals surface area contributed by atoms with E-state index in [4.69, 9.17) is 0 Å². The Morgan fingerprint density at radius 2 is 2.05 bits per heavy atom. The summed E-state index contributed by atoms with van der Waals surface area (Å²) in [6.45, 7) is 0. The molecule has 1 aromatic heterocycles. The summed E-state index contributed by atoms with van der Waals surface area (Å²) < 4.78 is 1.51. The molecule has 1 aliphatic rings. The van der Waals surface area contributed by atoms with Crippen molar-refractivity contribution in [3.05, 3.63) is 30.6 Å². The summed E-state index contributed by atoms with van der Waals surface area (Å²) in [5.41, 5.74) is 3.99. The number of hydrogen-bond donors (Lipinski definition) is 2. The van der Waals surface area contributed by atoms with E-state index >= 15 is 0 Å². The minimum absolute atomic E-state index is 0.183. The largest absolute Gasteiger partial charge is 0.321 e. The summed E-state index contributed by atoms with van der Waals surface area (Å²) in [5.74, 6) is -0.512. The van der Waals surface area contributed by atoms with Crippen molar-refractivity contribution in [2.75, 3.05) is 5.32 Å². The summed E-state index contributed by atoms with van der Waals surface area (Å²) in [7, 11) is 0. The van der Waals surface area contributed by atoms with Crippen LogP contribution in [-0.4, -0.2) is 37.7 Å². The molecule has 0 saturated carbocycles. The van der Waals surface area contributed by atoms with Crippen LogP contribution in [-0.2, 0) is 9.59 Å². The molecular weight excluding hydrogens is 274 g/mol. The highest BCUT2D eigenvalue weighted by atomic mass is 16.2. The number of anilines is 1. The van der Waals surface area contributed by atoms with Crippen LogP contribution in [0.1, 0.15) is 12.8 Å². The van der Waals surface area contributed by atoms with Gasteiger partial charge in [0.1, 0.15) is 12.0 Å². The normalized spacial score (nSPS) is 14.3. The fourth-order valence-corrected chi connectivity index (χ4v) is 1.82. The van der Waals surface area contributed by atoms with Crippen LogP contribution in [0, 0.1) is 0 Å². The van der Waals surface area contributed by atoms with Gasteiger partial charge in [0.2, 0.25) is 5.91 Å². The molecule has 0 bridgehead atoms. The van der Waals surface area contributed by atoms with Crippen LogP contribution in [0.3, 0.4) is 0 Å². The molecule has 1 aromatic carbocycles. The van der Waals surface area contributed by atoms with E-state index in [0.29, 0.717) is 17.8 Å². The number of aromatic nitrogens is 4. The van der Waals surface area contributed by atoms with Gasteiger partial charge in [0.05, 0.1) is 5.69 Å². The Morgan fingerprint density at radius 3 is 2.67 bits per heavy atom. The van der Waals surface area contributed by atoms with Crippen molar-refractivity contribution in [3.63, 3.8) is 0 Å². The lowest BCUT2D eigenvalue weighted by Crippen LogP contribution is -2.32. The zero-order valence-electron chi connectivity index (χ0n) is 10.9. The van der Waals surface area contributed by atoms with E-state index in [-0.39, 0.29) is 18.2 Å². The Bertz CT molecular complexity index is 691. The molecule has 0 fully saturated rings. The Balaban J connectivity index is 1.68. The third-order valence-corrected chi connectivity index (χ3v) is 2.91. The van der Waals surface area contributed by atoms with Crippen LogP contribution in [0.15, 0.2) is 35.7 Å². The number of nitrogens with one attached hydrogen (secondary N) is 2. The molecule has 106 valence electrons. The average molecular weight is 285 g/mol. The molecule has 3 rings (SSSR count). The van der Waals surface area contributed by atoms with Crippen molar-refractivity contribution < 1.29 is 9.59 Å². The zero-order chi connectivity index (χ0) is 14.7. The maximum atomic E-state index is 12.0. The highest BCUT2D eigenvalue weighted by Crippen LogP contribution is 2.12. The Hall–Kier alpha value is -3.10. The van der Waals surface area contributed by atoms with Gasteiger partial charge in [-0.25, -0.2) is 10.1 Å². The molecule has 9 heteroatoms. The summed E-state index contributed by atoms with van der Waals surface area (Å²) in [6.07, 6.45) is 2.08. The van der Waals surface area contributed by atoms with Gasteiger partial charge in [0.25, 0.3) is 5.91 Å². The standard InChI is InChI=1S/C12H11N7O2/c20-11-6-5-10(15-16-11)12(21)14-8-1-3-9(4-2-8)19-7-13-17-18-19/h1-4,7H,5-6H2,(H,14,21)(H,16,20). The third-order valence-electron chi connectivity index (χ3n) is 2.91. The lowest BCUT2D eigenvalue weighted by molar-refractivity contribution is -0.121. The molecule has 2 N–H and O–H groups in total. The molecular formula is C12H11N7O2. The molecule has 0 atom stereocenters. The van der Waals surface area contributed by atoms with Gasteiger partial charge in [-0.15, -0.1) is 5.10 Å². The second kappa shape index (κ2) is 5.49. The summed E-state index contributed by atoms with van der Waals surface area (Å²) in [6, 6.07) is 7.01. The van der Waals surface area contributed by atoms with Crippen LogP contribution < -0.4 is 10.7 Å². The van der Waals surface area contributed by atoms with E-state index in [0.717, 1.165) is 5.69 Å². The lowest BCUT2D eigenvalue weighted by atomic mass is 10.1. The van der Waals surface area contributed by atoms with E-state index in [2.05, 4.69) is 31.4 Å². The number of nitrogens with zero attached hydrogens (tertiary/aromatic N) is 5. The molecule has 2 amide bonds. The van der Waals surface area contributed by atoms with Gasteiger partial charge >= 0.3 is 0 Å². The van der Waals surface area contributed by atoms with Crippen molar-refractivity contribution >= 4 is 23.2 Å². The number of tetrazole rings is 1. The van der Waals surface area contributed by atoms with E-state index in [9.17, 15) is 9.59 Å². The lowest BCUT2D eigenvalue weighted by Gasteiger charge is -2.12. The first-order chi connectivity index (χ1) is 10.2. The van der Waals surface area contributed by atoms with Crippen molar-refractivity contribution in [1.82, 2.24) is 25.6 Å². The number of hydrazone groups is 1. The highest BCUT2D eigenvalue weighted by molar-refractivity contribution is 6.43. The van der Waals surface area contributed by atoms with Gasteiger partial charge in [-0.3, -0.25) is 9.59 Å². The van der Waals surface area contributed by atoms with E-state index < -0.39 is 0 Å². The van der Waals surface area contributed by atoms with Crippen LogP contribution in [0.4, 0.5) is 5.69 Å². The van der Waals surface area contributed by atoms with E-state index in [1.54, 1.807) is 24.3 Å². The first-order valence-electron chi connectivity index (χ1n) is 6.22. The number of benzene rings is 1. The maximum Gasteiger partial charge on any atom is 0.271 e. The summed E-state index contributed by atoms with van der Waals surface area (Å²) >= 11 is 0. The quantitative estimate of drug-likeness (QED) is 0.815. The van der Waals surface area contributed by atoms with Gasteiger partial charge in [-0.2, -0.15) is 5.10 Å². The first-order valence-corrected chi connectivity index (χ1v) is 6.22. The first kappa shape index (κ1) is 12.9. The topological polar surface area (TPSA) is 114 Å². The Labute approximate surface area is 119 Å². The molecule has 1 aliphatic heterocycles. The van der Waals surface area contributed by atoms with Gasteiger partial charge in [-0.05, 0) is 34.7 Å². The Kier molecular flexibility index (Phi) is 3.37. The third kappa shape index (κ3) is 2.91. The van der Waals surface area contributed by atoms with Gasteiger partial charge in [0, 0.05) is 18.5 Å². The molecule has 0 radical (unpaired) electrons. The fourth-order valence-electron chi connectivity index (χ4n) is 1.82. The molecule has 2 heterocycles. The number of amides is 2. The second-order valence-corrected chi connectivity index (χ2v) is 4.35. The van der Waals surface area contributed by atoms with Crippen molar-refractivity contribution in [2.45, 2.75) is 12.8 Å². The molecule has 2 aromatic rings. The monoisotopic (exact) mass is 285 g/mol. The predicted molar refractivity (Wildman–Crippen MR) is 72.6 cm³/mol. The zero-order valence-corrected chi connectivity index (χ0v) is 10.9. The maximum absolute atomic E-state index is 12.0. The van der Waals surface area contributed by atoms with Crippen molar-refractivity contribution in [1.29, 1.82) is 0 Å². The molecule has 0 saturated heterocycles. The molecule has 9 nitrogen and oxygen atoms in total. The molecule has 0 spiro atoms. The minimum Gasteiger partial charge on any atom is -0.321 e. The molecule has 21 heavy (non-hydrogen) atoms. The Morgan fingerprint density at radius 1 is 1.24 bits per heavy atom. The number of carbonyl (C=O) groups is 2.